The van der Waals surface area contributed by atoms with Crippen LogP contribution in [0.5, 0.6) is 5.75 Å². The van der Waals surface area contributed by atoms with Crippen LogP contribution >= 0.6 is 0 Å². The van der Waals surface area contributed by atoms with E-state index in [-0.39, 0.29) is 16.7 Å². The minimum atomic E-state index is -0.983. The lowest BCUT2D eigenvalue weighted by Crippen LogP contribution is -2.12. The maximum absolute atomic E-state index is 11.1. The van der Waals surface area contributed by atoms with E-state index >= 15 is 0 Å². The molecule has 0 heterocycles. The van der Waals surface area contributed by atoms with E-state index in [1.165, 1.54) is 24.3 Å². The average Bonchev–Trinajstić information content (AvgIpc) is 2.35. The van der Waals surface area contributed by atoms with Crippen LogP contribution in [0.1, 0.15) is 19.8 Å². The number of hydrogen-bond acceptors (Lipinski definition) is 7. The smallest absolute Gasteiger partial charge is 0.393 e. The van der Waals surface area contributed by atoms with Crippen LogP contribution < -0.4 is 9.96 Å². The molecule has 0 atom stereocenters. The van der Waals surface area contributed by atoms with Gasteiger partial charge in [0.25, 0.3) is 0 Å². The van der Waals surface area contributed by atoms with Gasteiger partial charge in [0.1, 0.15) is 5.75 Å². The number of carbonyl (C=O) groups excluding carboxylic acids is 1. The van der Waals surface area contributed by atoms with Gasteiger partial charge >= 0.3 is 6.16 Å². The monoisotopic (exact) mass is 257 g/mol. The molecule has 0 amide bonds. The average molecular weight is 257 g/mol. The Morgan fingerprint density at radius 1 is 1.28 bits per heavy atom. The first-order valence-electron chi connectivity index (χ1n) is 5.42. The molecule has 7 heteroatoms. The van der Waals surface area contributed by atoms with Crippen LogP contribution in [0.2, 0.25) is 0 Å². The number of nitrogens with zero attached hydrogens (tertiary/aromatic N) is 1. The van der Waals surface area contributed by atoms with Gasteiger partial charge in [-0.2, -0.15) is 4.89 Å². The first kappa shape index (κ1) is 14.2. The Bertz CT molecular complexity index is 364. The molecule has 2 N–H and O–H groups in total. The molecular weight excluding hydrogens is 242 g/mol. The Balaban J connectivity index is 2.35. The van der Waals surface area contributed by atoms with Crippen molar-refractivity contribution in [3.05, 3.63) is 24.3 Å². The van der Waals surface area contributed by atoms with Crippen LogP contribution in [-0.2, 0) is 9.78 Å². The summed E-state index contributed by atoms with van der Waals surface area (Å²) in [6, 6.07) is 5.45. The zero-order valence-electron chi connectivity index (χ0n) is 9.91. The maximum atomic E-state index is 11.1. The summed E-state index contributed by atoms with van der Waals surface area (Å²) in [5.41, 5.74) is 0.134. The second-order valence-electron chi connectivity index (χ2n) is 3.39. The van der Waals surface area contributed by atoms with Gasteiger partial charge in [0.05, 0.1) is 12.3 Å². The largest absolute Gasteiger partial charge is 0.546 e. The van der Waals surface area contributed by atoms with Crippen LogP contribution in [0.15, 0.2) is 24.3 Å². The molecule has 0 aliphatic heterocycles. The first-order valence-corrected chi connectivity index (χ1v) is 5.42. The quantitative estimate of drug-likeness (QED) is 0.266. The van der Waals surface area contributed by atoms with Crippen LogP contribution in [-0.4, -0.2) is 23.2 Å². The molecule has 1 aromatic carbocycles. The van der Waals surface area contributed by atoms with E-state index < -0.39 is 6.16 Å². The van der Waals surface area contributed by atoms with Crippen molar-refractivity contribution in [3.8, 4) is 5.75 Å². The van der Waals surface area contributed by atoms with Gasteiger partial charge in [-0.3, -0.25) is 15.3 Å². The summed E-state index contributed by atoms with van der Waals surface area (Å²) in [4.78, 5) is 20.1. The standard InChI is InChI=1S/C11H15NO6/c1-2-3-8-16-18-11(13)17-10-6-4-9(5-7-10)12(14)15/h4-7,14-15H,2-3,8H2,1H3. The highest BCUT2D eigenvalue weighted by atomic mass is 17.2. The minimum absolute atomic E-state index is 0.0457. The van der Waals surface area contributed by atoms with Gasteiger partial charge in [0.15, 0.2) is 0 Å². The number of carbonyl (C=O) groups is 1. The van der Waals surface area contributed by atoms with Crippen molar-refractivity contribution < 1.29 is 29.7 Å². The number of benzene rings is 1. The van der Waals surface area contributed by atoms with Gasteiger partial charge in [0, 0.05) is 0 Å². The summed E-state index contributed by atoms with van der Waals surface area (Å²) >= 11 is 0. The molecule has 0 saturated carbocycles. The van der Waals surface area contributed by atoms with Gasteiger partial charge < -0.3 is 4.74 Å². The first-order chi connectivity index (χ1) is 8.63. The van der Waals surface area contributed by atoms with Crippen molar-refractivity contribution in [1.29, 1.82) is 0 Å². The second kappa shape index (κ2) is 7.49. The van der Waals surface area contributed by atoms with Crippen molar-refractivity contribution >= 4 is 11.8 Å². The highest BCUT2D eigenvalue weighted by molar-refractivity contribution is 5.63. The summed E-state index contributed by atoms with van der Waals surface area (Å²) in [5, 5.41) is 17.4. The SMILES string of the molecule is CCCCOOC(=O)Oc1ccc(N(O)O)cc1. The van der Waals surface area contributed by atoms with Crippen molar-refractivity contribution in [2.75, 3.05) is 11.8 Å². The molecule has 0 unspecified atom stereocenters. The molecule has 7 nitrogen and oxygen atoms in total. The Hall–Kier alpha value is -1.83. The summed E-state index contributed by atoms with van der Waals surface area (Å²) in [5.74, 6) is 0.199. The maximum Gasteiger partial charge on any atom is 0.546 e. The zero-order chi connectivity index (χ0) is 13.4. The normalized spacial score (nSPS) is 9.94. The van der Waals surface area contributed by atoms with E-state index in [0.29, 0.717) is 6.61 Å². The van der Waals surface area contributed by atoms with Crippen molar-refractivity contribution in [2.24, 2.45) is 0 Å². The van der Waals surface area contributed by atoms with Crippen molar-refractivity contribution in [2.45, 2.75) is 19.8 Å². The number of rotatable bonds is 6. The van der Waals surface area contributed by atoms with E-state index in [2.05, 4.69) is 9.78 Å². The Kier molecular flexibility index (Phi) is 5.92. The van der Waals surface area contributed by atoms with Gasteiger partial charge in [-0.1, -0.05) is 13.3 Å². The molecule has 0 aliphatic carbocycles. The van der Waals surface area contributed by atoms with Gasteiger partial charge in [-0.05, 0) is 30.7 Å². The number of ether oxygens (including phenoxy) is 1. The fourth-order valence-corrected chi connectivity index (χ4v) is 1.05. The third-order valence-electron chi connectivity index (χ3n) is 1.98. The van der Waals surface area contributed by atoms with Crippen LogP contribution in [0, 0.1) is 0 Å². The predicted octanol–water partition coefficient (Wildman–Crippen LogP) is 2.52. The molecular formula is C11H15NO6. The van der Waals surface area contributed by atoms with E-state index in [4.69, 9.17) is 15.2 Å². The molecule has 0 fully saturated rings. The number of unbranched alkanes of at least 4 members (excludes halogenated alkanes) is 1. The molecule has 1 rings (SSSR count). The molecule has 0 spiro atoms. The Labute approximate surface area is 104 Å². The van der Waals surface area contributed by atoms with Crippen molar-refractivity contribution in [1.82, 2.24) is 0 Å². The van der Waals surface area contributed by atoms with Crippen molar-refractivity contribution in [3.63, 3.8) is 0 Å². The fraction of sp³-hybridized carbons (Fsp3) is 0.364. The van der Waals surface area contributed by atoms with E-state index in [0.717, 1.165) is 12.8 Å². The van der Waals surface area contributed by atoms with E-state index in [1.54, 1.807) is 0 Å². The minimum Gasteiger partial charge on any atom is -0.393 e. The second-order valence-corrected chi connectivity index (χ2v) is 3.39. The Morgan fingerprint density at radius 3 is 2.50 bits per heavy atom. The highest BCUT2D eigenvalue weighted by Crippen LogP contribution is 2.17. The third-order valence-corrected chi connectivity index (χ3v) is 1.98. The molecule has 0 bridgehead atoms. The third kappa shape index (κ3) is 5.00. The lowest BCUT2D eigenvalue weighted by atomic mass is 10.3. The summed E-state index contributed by atoms with van der Waals surface area (Å²) < 4.78 is 4.76. The summed E-state index contributed by atoms with van der Waals surface area (Å²) in [6.07, 6.45) is 0.729. The molecule has 100 valence electrons. The van der Waals surface area contributed by atoms with E-state index in [9.17, 15) is 4.79 Å². The van der Waals surface area contributed by atoms with Gasteiger partial charge in [-0.25, -0.2) is 4.79 Å². The van der Waals surface area contributed by atoms with E-state index in [1.807, 2.05) is 6.92 Å². The lowest BCUT2D eigenvalue weighted by molar-refractivity contribution is -0.249. The lowest BCUT2D eigenvalue weighted by Gasteiger charge is -2.08. The van der Waals surface area contributed by atoms with Crippen LogP contribution in [0.25, 0.3) is 0 Å². The molecule has 0 aromatic heterocycles. The molecule has 18 heavy (non-hydrogen) atoms. The van der Waals surface area contributed by atoms with Gasteiger partial charge in [0.2, 0.25) is 0 Å². The topological polar surface area (TPSA) is 88.5 Å². The van der Waals surface area contributed by atoms with Gasteiger partial charge in [-0.15, -0.1) is 5.23 Å². The number of hydrogen-bond donors (Lipinski definition) is 2. The predicted molar refractivity (Wildman–Crippen MR) is 60.5 cm³/mol. The molecule has 0 saturated heterocycles. The highest BCUT2D eigenvalue weighted by Gasteiger charge is 2.07. The molecule has 1 aromatic rings. The fourth-order valence-electron chi connectivity index (χ4n) is 1.05. The molecule has 0 radical (unpaired) electrons. The Morgan fingerprint density at radius 2 is 1.94 bits per heavy atom. The summed E-state index contributed by atoms with van der Waals surface area (Å²) in [6.45, 7) is 2.30. The summed E-state index contributed by atoms with van der Waals surface area (Å²) in [7, 11) is 0. The molecule has 0 aliphatic rings. The zero-order valence-corrected chi connectivity index (χ0v) is 9.91. The number of anilines is 1. The van der Waals surface area contributed by atoms with Crippen LogP contribution in [0.3, 0.4) is 0 Å². The van der Waals surface area contributed by atoms with Crippen LogP contribution in [0.4, 0.5) is 10.5 Å².